The summed E-state index contributed by atoms with van der Waals surface area (Å²) in [4.78, 5) is 24.4. The number of carbonyl (C=O) groups excluding carboxylic acids is 2. The van der Waals surface area contributed by atoms with Crippen LogP contribution in [0.4, 0.5) is 5.69 Å². The Hall–Kier alpha value is -2.70. The third-order valence-electron chi connectivity index (χ3n) is 4.65. The van der Waals surface area contributed by atoms with Crippen LogP contribution in [0.3, 0.4) is 0 Å². The van der Waals surface area contributed by atoms with Crippen molar-refractivity contribution in [2.24, 2.45) is 0 Å². The quantitative estimate of drug-likeness (QED) is 0.878. The summed E-state index contributed by atoms with van der Waals surface area (Å²) in [6.07, 6.45) is 2.92. The van der Waals surface area contributed by atoms with Crippen molar-refractivity contribution in [2.45, 2.75) is 38.1 Å². The second kappa shape index (κ2) is 6.07. The van der Waals surface area contributed by atoms with E-state index in [9.17, 15) is 9.59 Å². The number of fused-ring (bicyclic) bond motifs is 2. The smallest absolute Gasteiger partial charge is 0.228 e. The molecule has 0 radical (unpaired) electrons. The topological polar surface area (TPSA) is 88.9 Å². The minimum atomic E-state index is -0.431. The van der Waals surface area contributed by atoms with Crippen LogP contribution in [0.1, 0.15) is 36.0 Å². The van der Waals surface area contributed by atoms with E-state index < -0.39 is 5.92 Å². The largest absolute Gasteiger partial charge is 0.355 e. The molecule has 2 aliphatic heterocycles. The van der Waals surface area contributed by atoms with Crippen LogP contribution in [0.25, 0.3) is 0 Å². The Kier molecular flexibility index (Phi) is 3.76. The third kappa shape index (κ3) is 2.66. The molecule has 3 heterocycles. The lowest BCUT2D eigenvalue weighted by Crippen LogP contribution is -2.36. The molecule has 1 unspecified atom stereocenters. The van der Waals surface area contributed by atoms with Crippen molar-refractivity contribution in [1.29, 1.82) is 0 Å². The number of aromatic nitrogens is 3. The lowest BCUT2D eigenvalue weighted by molar-refractivity contribution is -0.126. The summed E-state index contributed by atoms with van der Waals surface area (Å²) >= 11 is 0. The average Bonchev–Trinajstić information content (AvgIpc) is 3.18. The number of nitrogens with zero attached hydrogens (tertiary/aromatic N) is 3. The fraction of sp³-hybridized carbons (Fsp3) is 0.412. The maximum absolute atomic E-state index is 12.5. The molecule has 1 atom stereocenters. The summed E-state index contributed by atoms with van der Waals surface area (Å²) in [6, 6.07) is 7.46. The zero-order chi connectivity index (χ0) is 16.5. The molecule has 0 bridgehead atoms. The molecule has 4 rings (SSSR count). The van der Waals surface area contributed by atoms with Crippen LogP contribution >= 0.6 is 0 Å². The van der Waals surface area contributed by atoms with Gasteiger partial charge in [0.15, 0.2) is 0 Å². The standard InChI is InChI=1S/C17H19N5O2/c23-16-10-12(11-4-1-2-5-13(11)19-16)17(24)18-8-7-15-21-20-14-6-3-9-22(14)15/h1-2,4-5,12H,3,6-10H2,(H,18,24)(H,19,23). The number of hydrogen-bond acceptors (Lipinski definition) is 4. The molecule has 124 valence electrons. The zero-order valence-corrected chi connectivity index (χ0v) is 13.3. The van der Waals surface area contributed by atoms with Crippen molar-refractivity contribution < 1.29 is 9.59 Å². The van der Waals surface area contributed by atoms with E-state index in [1.165, 1.54) is 0 Å². The van der Waals surface area contributed by atoms with Crippen LogP contribution in [-0.2, 0) is 29.0 Å². The minimum absolute atomic E-state index is 0.113. The normalized spacial score (nSPS) is 18.7. The number of aryl methyl sites for hydroxylation is 1. The van der Waals surface area contributed by atoms with E-state index >= 15 is 0 Å². The molecule has 2 aliphatic rings. The maximum Gasteiger partial charge on any atom is 0.228 e. The molecule has 1 aromatic carbocycles. The van der Waals surface area contributed by atoms with Gasteiger partial charge in [-0.3, -0.25) is 9.59 Å². The lowest BCUT2D eigenvalue weighted by atomic mass is 9.90. The van der Waals surface area contributed by atoms with Crippen LogP contribution in [0.5, 0.6) is 0 Å². The number of amides is 2. The van der Waals surface area contributed by atoms with Gasteiger partial charge in [-0.25, -0.2) is 0 Å². The van der Waals surface area contributed by atoms with E-state index in [0.29, 0.717) is 13.0 Å². The van der Waals surface area contributed by atoms with Gasteiger partial charge in [-0.05, 0) is 18.1 Å². The molecular formula is C17H19N5O2. The predicted molar refractivity (Wildman–Crippen MR) is 87.5 cm³/mol. The van der Waals surface area contributed by atoms with Crippen molar-refractivity contribution >= 4 is 17.5 Å². The molecule has 1 aromatic heterocycles. The number of carbonyl (C=O) groups is 2. The highest BCUT2D eigenvalue weighted by atomic mass is 16.2. The van der Waals surface area contributed by atoms with Gasteiger partial charge >= 0.3 is 0 Å². The van der Waals surface area contributed by atoms with Gasteiger partial charge in [0.1, 0.15) is 11.6 Å². The molecule has 2 N–H and O–H groups in total. The van der Waals surface area contributed by atoms with Gasteiger partial charge in [0.25, 0.3) is 0 Å². The minimum Gasteiger partial charge on any atom is -0.355 e. The van der Waals surface area contributed by atoms with Gasteiger partial charge in [-0.2, -0.15) is 0 Å². The first kappa shape index (κ1) is 14.9. The molecule has 0 spiro atoms. The first-order valence-corrected chi connectivity index (χ1v) is 8.30. The van der Waals surface area contributed by atoms with Crippen LogP contribution in [-0.4, -0.2) is 33.1 Å². The Morgan fingerprint density at radius 1 is 1.33 bits per heavy atom. The summed E-state index contributed by atoms with van der Waals surface area (Å²) in [5, 5.41) is 14.1. The number of anilines is 1. The molecule has 2 amide bonds. The molecule has 0 aliphatic carbocycles. The van der Waals surface area contributed by atoms with Gasteiger partial charge < -0.3 is 15.2 Å². The van der Waals surface area contributed by atoms with Crippen molar-refractivity contribution in [2.75, 3.05) is 11.9 Å². The monoisotopic (exact) mass is 325 g/mol. The molecule has 7 nitrogen and oxygen atoms in total. The van der Waals surface area contributed by atoms with Crippen LogP contribution in [0, 0.1) is 0 Å². The van der Waals surface area contributed by atoms with E-state index in [0.717, 1.165) is 42.3 Å². The molecule has 24 heavy (non-hydrogen) atoms. The highest BCUT2D eigenvalue weighted by Crippen LogP contribution is 2.31. The number of benzene rings is 1. The van der Waals surface area contributed by atoms with E-state index in [2.05, 4.69) is 25.4 Å². The van der Waals surface area contributed by atoms with Crippen LogP contribution < -0.4 is 10.6 Å². The predicted octanol–water partition coefficient (Wildman–Crippen LogP) is 1.01. The fourth-order valence-corrected chi connectivity index (χ4v) is 3.46. The maximum atomic E-state index is 12.5. The van der Waals surface area contributed by atoms with Crippen molar-refractivity contribution in [3.8, 4) is 0 Å². The van der Waals surface area contributed by atoms with E-state index in [1.807, 2.05) is 24.3 Å². The Labute approximate surface area is 139 Å². The Morgan fingerprint density at radius 2 is 2.21 bits per heavy atom. The van der Waals surface area contributed by atoms with Crippen LogP contribution in [0.2, 0.25) is 0 Å². The summed E-state index contributed by atoms with van der Waals surface area (Å²) in [7, 11) is 0. The van der Waals surface area contributed by atoms with Crippen molar-refractivity contribution in [3.63, 3.8) is 0 Å². The Balaban J connectivity index is 1.40. The number of rotatable bonds is 4. The highest BCUT2D eigenvalue weighted by Gasteiger charge is 2.30. The van der Waals surface area contributed by atoms with Crippen LogP contribution in [0.15, 0.2) is 24.3 Å². The molecule has 2 aromatic rings. The number of nitrogens with one attached hydrogen (secondary N) is 2. The average molecular weight is 325 g/mol. The van der Waals surface area contributed by atoms with Gasteiger partial charge in [-0.1, -0.05) is 18.2 Å². The second-order valence-electron chi connectivity index (χ2n) is 6.22. The number of para-hydroxylation sites is 1. The molecule has 0 fully saturated rings. The molecule has 0 saturated heterocycles. The summed E-state index contributed by atoms with van der Waals surface area (Å²) < 4.78 is 2.13. The van der Waals surface area contributed by atoms with Gasteiger partial charge in [-0.15, -0.1) is 10.2 Å². The van der Waals surface area contributed by atoms with Gasteiger partial charge in [0.05, 0.1) is 5.92 Å². The number of hydrogen-bond donors (Lipinski definition) is 2. The summed E-state index contributed by atoms with van der Waals surface area (Å²) in [5.74, 6) is 1.29. The van der Waals surface area contributed by atoms with Crippen molar-refractivity contribution in [3.05, 3.63) is 41.5 Å². The Morgan fingerprint density at radius 3 is 3.12 bits per heavy atom. The molecule has 7 heteroatoms. The molecular weight excluding hydrogens is 306 g/mol. The lowest BCUT2D eigenvalue weighted by Gasteiger charge is -2.24. The zero-order valence-electron chi connectivity index (χ0n) is 13.3. The molecule has 0 saturated carbocycles. The van der Waals surface area contributed by atoms with E-state index in [-0.39, 0.29) is 18.2 Å². The fourth-order valence-electron chi connectivity index (χ4n) is 3.46. The summed E-state index contributed by atoms with van der Waals surface area (Å²) in [5.41, 5.74) is 1.60. The summed E-state index contributed by atoms with van der Waals surface area (Å²) in [6.45, 7) is 1.46. The SMILES string of the molecule is O=C1CC(C(=O)NCCc2nnc3n2CCC3)c2ccccc2N1. The van der Waals surface area contributed by atoms with Crippen molar-refractivity contribution in [1.82, 2.24) is 20.1 Å². The second-order valence-corrected chi connectivity index (χ2v) is 6.22. The van der Waals surface area contributed by atoms with E-state index in [4.69, 9.17) is 0 Å². The van der Waals surface area contributed by atoms with Gasteiger partial charge in [0, 0.05) is 38.0 Å². The van der Waals surface area contributed by atoms with Gasteiger partial charge in [0.2, 0.25) is 11.8 Å². The highest BCUT2D eigenvalue weighted by molar-refractivity contribution is 6.01. The Bertz CT molecular complexity index is 798. The van der Waals surface area contributed by atoms with E-state index in [1.54, 1.807) is 0 Å². The first-order valence-electron chi connectivity index (χ1n) is 8.30. The third-order valence-corrected chi connectivity index (χ3v) is 4.65. The first-order chi connectivity index (χ1) is 11.7.